The number of rotatable bonds is 5. The second kappa shape index (κ2) is 6.04. The molecule has 1 rings (SSSR count). The van der Waals surface area contributed by atoms with Crippen LogP contribution in [0.4, 0.5) is 13.2 Å². The first-order valence-corrected chi connectivity index (χ1v) is 5.86. The van der Waals surface area contributed by atoms with E-state index in [1.807, 2.05) is 6.92 Å². The molecule has 0 spiro atoms. The van der Waals surface area contributed by atoms with Crippen LogP contribution in [-0.4, -0.2) is 17.2 Å². The van der Waals surface area contributed by atoms with Crippen LogP contribution < -0.4 is 10.9 Å². The summed E-state index contributed by atoms with van der Waals surface area (Å²) in [5, 5.41) is 3.06. The predicted molar refractivity (Wildman–Crippen MR) is 63.5 cm³/mol. The third-order valence-electron chi connectivity index (χ3n) is 2.54. The number of halogens is 3. The highest BCUT2D eigenvalue weighted by atomic mass is 19.4. The van der Waals surface area contributed by atoms with E-state index in [0.717, 1.165) is 29.2 Å². The summed E-state index contributed by atoms with van der Waals surface area (Å²) in [5.41, 5.74) is -1.53. The van der Waals surface area contributed by atoms with Gasteiger partial charge in [-0.2, -0.15) is 13.2 Å². The van der Waals surface area contributed by atoms with Crippen molar-refractivity contribution in [1.29, 1.82) is 0 Å². The highest BCUT2D eigenvalue weighted by Crippen LogP contribution is 2.28. The normalized spacial score (nSPS) is 13.6. The molecule has 0 aromatic carbocycles. The molecule has 1 aromatic heterocycles. The predicted octanol–water partition coefficient (Wildman–Crippen LogP) is 2.26. The number of hydrogen-bond acceptors (Lipinski definition) is 2. The fraction of sp³-hybridized carbons (Fsp3) is 0.583. The number of nitrogens with zero attached hydrogens (tertiary/aromatic N) is 1. The molecule has 1 atom stereocenters. The molecule has 102 valence electrons. The number of alkyl halides is 3. The van der Waals surface area contributed by atoms with Gasteiger partial charge in [0.05, 0.1) is 0 Å². The Hall–Kier alpha value is -1.30. The van der Waals surface area contributed by atoms with Crippen LogP contribution in [0.2, 0.25) is 0 Å². The van der Waals surface area contributed by atoms with Crippen LogP contribution in [-0.2, 0) is 12.7 Å². The molecule has 1 aromatic rings. The van der Waals surface area contributed by atoms with Crippen molar-refractivity contribution in [2.24, 2.45) is 0 Å². The lowest BCUT2D eigenvalue weighted by molar-refractivity contribution is -0.144. The van der Waals surface area contributed by atoms with E-state index in [2.05, 4.69) is 5.32 Å². The van der Waals surface area contributed by atoms with Gasteiger partial charge in [0.1, 0.15) is 5.69 Å². The van der Waals surface area contributed by atoms with Gasteiger partial charge in [0.25, 0.3) is 5.56 Å². The van der Waals surface area contributed by atoms with Gasteiger partial charge in [0.2, 0.25) is 0 Å². The van der Waals surface area contributed by atoms with Crippen LogP contribution >= 0.6 is 0 Å². The Kier molecular flexibility index (Phi) is 4.95. The van der Waals surface area contributed by atoms with E-state index in [0.29, 0.717) is 6.54 Å². The molecule has 18 heavy (non-hydrogen) atoms. The SMILES string of the molecule is CCCNC(C)Cn1c(C(F)(F)F)cccc1=O. The third kappa shape index (κ3) is 3.87. The van der Waals surface area contributed by atoms with Crippen molar-refractivity contribution in [2.45, 2.75) is 39.0 Å². The lowest BCUT2D eigenvalue weighted by atomic mass is 10.2. The summed E-state index contributed by atoms with van der Waals surface area (Å²) < 4.78 is 39.0. The number of nitrogens with one attached hydrogen (secondary N) is 1. The van der Waals surface area contributed by atoms with Crippen molar-refractivity contribution in [2.75, 3.05) is 6.54 Å². The summed E-state index contributed by atoms with van der Waals surface area (Å²) in [7, 11) is 0. The van der Waals surface area contributed by atoms with E-state index < -0.39 is 17.4 Å². The Morgan fingerprint density at radius 2 is 2.06 bits per heavy atom. The lowest BCUT2D eigenvalue weighted by Gasteiger charge is -2.19. The molecular formula is C12H17F3N2O. The van der Waals surface area contributed by atoms with Gasteiger partial charge in [0, 0.05) is 18.7 Å². The van der Waals surface area contributed by atoms with E-state index in [9.17, 15) is 18.0 Å². The summed E-state index contributed by atoms with van der Waals surface area (Å²) in [5.74, 6) is 0. The topological polar surface area (TPSA) is 34.0 Å². The molecule has 1 N–H and O–H groups in total. The molecule has 0 saturated heterocycles. The van der Waals surface area contributed by atoms with Crippen LogP contribution in [0.15, 0.2) is 23.0 Å². The van der Waals surface area contributed by atoms with Crippen LogP contribution in [0.25, 0.3) is 0 Å². The van der Waals surface area contributed by atoms with Gasteiger partial charge in [0.15, 0.2) is 0 Å². The van der Waals surface area contributed by atoms with Gasteiger partial charge < -0.3 is 9.88 Å². The minimum absolute atomic E-state index is 0.00845. The van der Waals surface area contributed by atoms with Crippen LogP contribution in [0.5, 0.6) is 0 Å². The van der Waals surface area contributed by atoms with Crippen molar-refractivity contribution in [3.63, 3.8) is 0 Å². The van der Waals surface area contributed by atoms with Crippen molar-refractivity contribution < 1.29 is 13.2 Å². The van der Waals surface area contributed by atoms with Crippen LogP contribution in [0, 0.1) is 0 Å². The second-order valence-corrected chi connectivity index (χ2v) is 4.21. The van der Waals surface area contributed by atoms with E-state index in [1.54, 1.807) is 6.92 Å². The number of pyridine rings is 1. The van der Waals surface area contributed by atoms with Gasteiger partial charge in [-0.15, -0.1) is 0 Å². The molecule has 0 amide bonds. The first kappa shape index (κ1) is 14.8. The molecule has 1 unspecified atom stereocenters. The molecule has 3 nitrogen and oxygen atoms in total. The minimum atomic E-state index is -4.51. The zero-order valence-corrected chi connectivity index (χ0v) is 10.4. The summed E-state index contributed by atoms with van der Waals surface area (Å²) in [6, 6.07) is 3.01. The van der Waals surface area contributed by atoms with Crippen LogP contribution in [0.3, 0.4) is 0 Å². The molecule has 0 radical (unpaired) electrons. The summed E-state index contributed by atoms with van der Waals surface area (Å²) in [6.07, 6.45) is -3.62. The smallest absolute Gasteiger partial charge is 0.312 e. The Morgan fingerprint density at radius 3 is 2.61 bits per heavy atom. The Balaban J connectivity index is 2.97. The third-order valence-corrected chi connectivity index (χ3v) is 2.54. The minimum Gasteiger partial charge on any atom is -0.312 e. The zero-order valence-electron chi connectivity index (χ0n) is 10.4. The first-order valence-electron chi connectivity index (χ1n) is 5.86. The van der Waals surface area contributed by atoms with E-state index in [-0.39, 0.29) is 12.6 Å². The maximum Gasteiger partial charge on any atom is 0.431 e. The Morgan fingerprint density at radius 1 is 1.39 bits per heavy atom. The molecule has 0 bridgehead atoms. The average molecular weight is 262 g/mol. The standard InChI is InChI=1S/C12H17F3N2O/c1-3-7-16-9(2)8-17-10(12(13,14)15)5-4-6-11(17)18/h4-6,9,16H,3,7-8H2,1-2H3. The Bertz CT molecular complexity index is 440. The van der Waals surface area contributed by atoms with Crippen molar-refractivity contribution in [3.05, 3.63) is 34.2 Å². The maximum absolute atomic E-state index is 12.8. The van der Waals surface area contributed by atoms with Crippen molar-refractivity contribution in [3.8, 4) is 0 Å². The highest BCUT2D eigenvalue weighted by molar-refractivity contribution is 5.10. The molecular weight excluding hydrogens is 245 g/mol. The molecule has 0 saturated carbocycles. The quantitative estimate of drug-likeness (QED) is 0.883. The Labute approximate surface area is 104 Å². The fourth-order valence-corrected chi connectivity index (χ4v) is 1.69. The molecule has 0 aliphatic rings. The number of hydrogen-bond donors (Lipinski definition) is 1. The van der Waals surface area contributed by atoms with Crippen LogP contribution in [0.1, 0.15) is 26.0 Å². The second-order valence-electron chi connectivity index (χ2n) is 4.21. The van der Waals surface area contributed by atoms with Gasteiger partial charge >= 0.3 is 6.18 Å². The van der Waals surface area contributed by atoms with Gasteiger partial charge in [-0.1, -0.05) is 13.0 Å². The highest BCUT2D eigenvalue weighted by Gasteiger charge is 2.34. The fourth-order valence-electron chi connectivity index (χ4n) is 1.69. The number of aromatic nitrogens is 1. The van der Waals surface area contributed by atoms with Gasteiger partial charge in [-0.05, 0) is 26.0 Å². The van der Waals surface area contributed by atoms with Gasteiger partial charge in [-0.3, -0.25) is 4.79 Å². The zero-order chi connectivity index (χ0) is 13.8. The van der Waals surface area contributed by atoms with Crippen molar-refractivity contribution in [1.82, 2.24) is 9.88 Å². The van der Waals surface area contributed by atoms with E-state index in [1.165, 1.54) is 0 Å². The summed E-state index contributed by atoms with van der Waals surface area (Å²) in [6.45, 7) is 4.45. The summed E-state index contributed by atoms with van der Waals surface area (Å²) >= 11 is 0. The molecule has 0 aliphatic heterocycles. The average Bonchev–Trinajstić information content (AvgIpc) is 2.27. The first-order chi connectivity index (χ1) is 8.36. The molecule has 1 heterocycles. The lowest BCUT2D eigenvalue weighted by Crippen LogP contribution is -2.37. The summed E-state index contributed by atoms with van der Waals surface area (Å²) in [4.78, 5) is 11.5. The van der Waals surface area contributed by atoms with E-state index in [4.69, 9.17) is 0 Å². The maximum atomic E-state index is 12.8. The largest absolute Gasteiger partial charge is 0.431 e. The van der Waals surface area contributed by atoms with Gasteiger partial charge in [-0.25, -0.2) is 0 Å². The molecule has 0 fully saturated rings. The van der Waals surface area contributed by atoms with E-state index >= 15 is 0 Å². The monoisotopic (exact) mass is 262 g/mol. The van der Waals surface area contributed by atoms with Crippen molar-refractivity contribution >= 4 is 0 Å². The molecule has 6 heteroatoms. The molecule has 0 aliphatic carbocycles.